The third-order valence-corrected chi connectivity index (χ3v) is 4.06. The molecule has 5 nitrogen and oxygen atoms in total. The molecule has 0 unspecified atom stereocenters. The molecule has 0 aliphatic rings. The van der Waals surface area contributed by atoms with E-state index in [0.29, 0.717) is 12.1 Å². The summed E-state index contributed by atoms with van der Waals surface area (Å²) in [6, 6.07) is 11.3. The van der Waals surface area contributed by atoms with E-state index in [1.54, 1.807) is 11.8 Å². The Hall–Kier alpha value is -2.08. The molecule has 0 aliphatic heterocycles. The van der Waals surface area contributed by atoms with Gasteiger partial charge in [0.15, 0.2) is 5.82 Å². The molecular formula is C17H22N4OS. The van der Waals surface area contributed by atoms with E-state index in [-0.39, 0.29) is 5.91 Å². The molecule has 0 atom stereocenters. The zero-order chi connectivity index (χ0) is 16.7. The molecule has 0 saturated carbocycles. The number of hydrogen-bond acceptors (Lipinski definition) is 5. The fraction of sp³-hybridized carbons (Fsp3) is 0.353. The number of thioether (sulfide) groups is 1. The molecule has 0 radical (unpaired) electrons. The molecule has 0 spiro atoms. The zero-order valence-corrected chi connectivity index (χ0v) is 14.6. The first-order valence-corrected chi connectivity index (χ1v) is 8.90. The summed E-state index contributed by atoms with van der Waals surface area (Å²) in [7, 11) is 3.85. The molecule has 0 saturated heterocycles. The second-order valence-electron chi connectivity index (χ2n) is 5.35. The number of hydrogen-bond donors (Lipinski definition) is 1. The molecule has 2 rings (SSSR count). The number of nitrogens with one attached hydrogen (secondary N) is 1. The smallest absolute Gasteiger partial charge is 0.251 e. The van der Waals surface area contributed by atoms with E-state index in [2.05, 4.69) is 21.8 Å². The van der Waals surface area contributed by atoms with Gasteiger partial charge in [-0.15, -0.1) is 10.2 Å². The van der Waals surface area contributed by atoms with Crippen molar-refractivity contribution in [3.05, 3.63) is 42.0 Å². The topological polar surface area (TPSA) is 58.1 Å². The Labute approximate surface area is 141 Å². The quantitative estimate of drug-likeness (QED) is 0.791. The number of anilines is 1. The van der Waals surface area contributed by atoms with Gasteiger partial charge < -0.3 is 10.2 Å². The number of carbonyl (C=O) groups excluding carboxylic acids is 1. The van der Waals surface area contributed by atoms with Crippen molar-refractivity contribution >= 4 is 23.5 Å². The summed E-state index contributed by atoms with van der Waals surface area (Å²) in [5.41, 5.74) is 2.40. The van der Waals surface area contributed by atoms with Crippen LogP contribution in [-0.2, 0) is 0 Å². The van der Waals surface area contributed by atoms with Gasteiger partial charge >= 0.3 is 0 Å². The molecule has 0 bridgehead atoms. The molecule has 1 amide bonds. The van der Waals surface area contributed by atoms with E-state index in [1.807, 2.05) is 55.4 Å². The van der Waals surface area contributed by atoms with Gasteiger partial charge in [-0.25, -0.2) is 0 Å². The van der Waals surface area contributed by atoms with Crippen molar-refractivity contribution in [3.63, 3.8) is 0 Å². The van der Waals surface area contributed by atoms with Crippen LogP contribution in [0.25, 0.3) is 11.3 Å². The Morgan fingerprint density at radius 1 is 1.13 bits per heavy atom. The van der Waals surface area contributed by atoms with E-state index in [1.165, 1.54) is 0 Å². The third-order valence-electron chi connectivity index (χ3n) is 3.36. The minimum absolute atomic E-state index is 0.0355. The summed E-state index contributed by atoms with van der Waals surface area (Å²) in [4.78, 5) is 13.9. The maximum atomic E-state index is 12.0. The van der Waals surface area contributed by atoms with Gasteiger partial charge in [0.25, 0.3) is 5.91 Å². The van der Waals surface area contributed by atoms with Gasteiger partial charge in [0, 0.05) is 31.8 Å². The van der Waals surface area contributed by atoms with Crippen LogP contribution in [0.15, 0.2) is 36.4 Å². The van der Waals surface area contributed by atoms with Crippen molar-refractivity contribution in [3.8, 4) is 11.3 Å². The van der Waals surface area contributed by atoms with Crippen molar-refractivity contribution in [1.82, 2.24) is 15.5 Å². The van der Waals surface area contributed by atoms with Crippen LogP contribution in [0.1, 0.15) is 16.8 Å². The Morgan fingerprint density at radius 2 is 1.87 bits per heavy atom. The molecule has 0 fully saturated rings. The lowest BCUT2D eigenvalue weighted by atomic mass is 10.1. The number of aromatic nitrogens is 2. The van der Waals surface area contributed by atoms with E-state index >= 15 is 0 Å². The molecule has 0 aliphatic carbocycles. The second-order valence-corrected chi connectivity index (χ2v) is 6.34. The van der Waals surface area contributed by atoms with Gasteiger partial charge in [0.05, 0.1) is 5.69 Å². The molecular weight excluding hydrogens is 308 g/mol. The van der Waals surface area contributed by atoms with E-state index in [4.69, 9.17) is 0 Å². The SMILES string of the molecule is CSCCCNC(=O)c1ccc(-c2ccc(N(C)C)nn2)cc1. The Morgan fingerprint density at radius 3 is 2.43 bits per heavy atom. The molecule has 23 heavy (non-hydrogen) atoms. The zero-order valence-electron chi connectivity index (χ0n) is 13.7. The summed E-state index contributed by atoms with van der Waals surface area (Å²) < 4.78 is 0. The van der Waals surface area contributed by atoms with Crippen LogP contribution in [0.5, 0.6) is 0 Å². The third kappa shape index (κ3) is 4.96. The number of carbonyl (C=O) groups is 1. The van der Waals surface area contributed by atoms with Crippen molar-refractivity contribution < 1.29 is 4.79 Å². The summed E-state index contributed by atoms with van der Waals surface area (Å²) in [5.74, 6) is 1.84. The summed E-state index contributed by atoms with van der Waals surface area (Å²) in [5, 5.41) is 11.3. The fourth-order valence-corrected chi connectivity index (χ4v) is 2.46. The van der Waals surface area contributed by atoms with Gasteiger partial charge in [-0.2, -0.15) is 11.8 Å². The monoisotopic (exact) mass is 330 g/mol. The molecule has 1 aromatic carbocycles. The highest BCUT2D eigenvalue weighted by Gasteiger charge is 2.07. The predicted molar refractivity (Wildman–Crippen MR) is 97.1 cm³/mol. The first-order chi connectivity index (χ1) is 11.1. The van der Waals surface area contributed by atoms with E-state index in [0.717, 1.165) is 29.2 Å². The maximum absolute atomic E-state index is 12.0. The molecule has 1 heterocycles. The molecule has 122 valence electrons. The summed E-state index contributed by atoms with van der Waals surface area (Å²) in [6.45, 7) is 0.707. The van der Waals surface area contributed by atoms with Crippen molar-refractivity contribution in [2.24, 2.45) is 0 Å². The van der Waals surface area contributed by atoms with E-state index < -0.39 is 0 Å². The van der Waals surface area contributed by atoms with Crippen molar-refractivity contribution in [1.29, 1.82) is 0 Å². The van der Waals surface area contributed by atoms with Gasteiger partial charge in [0.2, 0.25) is 0 Å². The highest BCUT2D eigenvalue weighted by Crippen LogP contribution is 2.18. The van der Waals surface area contributed by atoms with Crippen LogP contribution in [0.2, 0.25) is 0 Å². The van der Waals surface area contributed by atoms with Crippen molar-refractivity contribution in [2.75, 3.05) is 37.5 Å². The minimum Gasteiger partial charge on any atom is -0.361 e. The Balaban J connectivity index is 2.00. The molecule has 6 heteroatoms. The average molecular weight is 330 g/mol. The number of amides is 1. The lowest BCUT2D eigenvalue weighted by Gasteiger charge is -2.10. The van der Waals surface area contributed by atoms with Crippen LogP contribution in [0.3, 0.4) is 0 Å². The van der Waals surface area contributed by atoms with Crippen LogP contribution < -0.4 is 10.2 Å². The normalized spacial score (nSPS) is 10.4. The van der Waals surface area contributed by atoms with Gasteiger partial charge in [-0.05, 0) is 42.7 Å². The number of rotatable bonds is 7. The number of benzene rings is 1. The van der Waals surface area contributed by atoms with Crippen LogP contribution in [0.4, 0.5) is 5.82 Å². The maximum Gasteiger partial charge on any atom is 0.251 e. The molecule has 1 aromatic heterocycles. The first-order valence-electron chi connectivity index (χ1n) is 7.50. The van der Waals surface area contributed by atoms with Crippen LogP contribution >= 0.6 is 11.8 Å². The van der Waals surface area contributed by atoms with Crippen molar-refractivity contribution in [2.45, 2.75) is 6.42 Å². The minimum atomic E-state index is -0.0355. The van der Waals surface area contributed by atoms with Gasteiger partial charge in [-0.1, -0.05) is 12.1 Å². The van der Waals surface area contributed by atoms with Gasteiger partial charge in [-0.3, -0.25) is 4.79 Å². The highest BCUT2D eigenvalue weighted by atomic mass is 32.2. The molecule has 2 aromatic rings. The van der Waals surface area contributed by atoms with Crippen LogP contribution in [-0.4, -0.2) is 48.8 Å². The van der Waals surface area contributed by atoms with Gasteiger partial charge in [0.1, 0.15) is 0 Å². The molecule has 1 N–H and O–H groups in total. The lowest BCUT2D eigenvalue weighted by molar-refractivity contribution is 0.0954. The number of nitrogens with zero attached hydrogens (tertiary/aromatic N) is 3. The summed E-state index contributed by atoms with van der Waals surface area (Å²) in [6.07, 6.45) is 3.05. The fourth-order valence-electron chi connectivity index (χ4n) is 2.03. The lowest BCUT2D eigenvalue weighted by Crippen LogP contribution is -2.24. The predicted octanol–water partition coefficient (Wildman–Crippen LogP) is 2.69. The highest BCUT2D eigenvalue weighted by molar-refractivity contribution is 7.98. The largest absolute Gasteiger partial charge is 0.361 e. The second kappa shape index (κ2) is 8.53. The Kier molecular flexibility index (Phi) is 6.40. The van der Waals surface area contributed by atoms with Crippen LogP contribution in [0, 0.1) is 0 Å². The summed E-state index contributed by atoms with van der Waals surface area (Å²) >= 11 is 1.78. The van der Waals surface area contributed by atoms with E-state index in [9.17, 15) is 4.79 Å². The Bertz CT molecular complexity index is 626. The first kappa shape index (κ1) is 17.3. The standard InChI is InChI=1S/C17H22N4OS/c1-21(2)16-10-9-15(19-20-16)13-5-7-14(8-6-13)17(22)18-11-4-12-23-3/h5-10H,4,11-12H2,1-3H3,(H,18,22). The average Bonchev–Trinajstić information content (AvgIpc) is 2.59.